The highest BCUT2D eigenvalue weighted by Crippen LogP contribution is 2.28. The summed E-state index contributed by atoms with van der Waals surface area (Å²) in [6.45, 7) is 6.31. The van der Waals surface area contributed by atoms with Crippen LogP contribution in [0.1, 0.15) is 42.3 Å². The van der Waals surface area contributed by atoms with E-state index in [2.05, 4.69) is 0 Å². The average molecular weight is 572 g/mol. The highest BCUT2D eigenvalue weighted by Gasteiger charge is 2.23. The summed E-state index contributed by atoms with van der Waals surface area (Å²) in [5, 5.41) is 0. The number of ether oxygens (including phenoxy) is 2. The maximum absolute atomic E-state index is 13.3. The first-order valence-electron chi connectivity index (χ1n) is 13.2. The summed E-state index contributed by atoms with van der Waals surface area (Å²) in [5.74, 6) is 0.807. The van der Waals surface area contributed by atoms with E-state index in [0.717, 1.165) is 11.1 Å². The predicted octanol–water partition coefficient (Wildman–Crippen LogP) is 7.10. The minimum Gasteiger partial charge on any atom is -0.457 e. The van der Waals surface area contributed by atoms with Crippen LogP contribution in [0.4, 0.5) is 4.79 Å². The number of carbonyl (C=O) groups is 2. The normalized spacial score (nSPS) is 11.5. The quantitative estimate of drug-likeness (QED) is 0.189. The van der Waals surface area contributed by atoms with E-state index in [-0.39, 0.29) is 9.79 Å². The lowest BCUT2D eigenvalue weighted by Gasteiger charge is -2.27. The SMILES string of the molecule is CC(C)(C)OC(=O)N(CCc1ccc(S(=O)(=O)c2ccc(Oc3ccccc3C=O)cc2)cc1)Cc1ccccc1. The lowest BCUT2D eigenvalue weighted by molar-refractivity contribution is 0.0235. The molecule has 0 fully saturated rings. The summed E-state index contributed by atoms with van der Waals surface area (Å²) in [4.78, 5) is 26.1. The number of sulfone groups is 1. The molecule has 0 radical (unpaired) electrons. The molecule has 0 N–H and O–H groups in total. The van der Waals surface area contributed by atoms with E-state index in [9.17, 15) is 18.0 Å². The summed E-state index contributed by atoms with van der Waals surface area (Å²) in [7, 11) is -3.76. The number of nitrogens with zero attached hydrogens (tertiary/aromatic N) is 1. The zero-order chi connectivity index (χ0) is 29.5. The van der Waals surface area contributed by atoms with E-state index in [1.807, 2.05) is 51.1 Å². The number of hydrogen-bond donors (Lipinski definition) is 0. The summed E-state index contributed by atoms with van der Waals surface area (Å²) in [5.41, 5.74) is 1.66. The van der Waals surface area contributed by atoms with Crippen LogP contribution in [-0.4, -0.2) is 37.8 Å². The van der Waals surface area contributed by atoms with Crippen LogP contribution in [0.25, 0.3) is 0 Å². The molecule has 1 amide bonds. The Labute approximate surface area is 241 Å². The molecule has 212 valence electrons. The molecule has 4 rings (SSSR count). The van der Waals surface area contributed by atoms with Crippen LogP contribution in [0, 0.1) is 0 Å². The Balaban J connectivity index is 1.43. The van der Waals surface area contributed by atoms with Gasteiger partial charge in [0.2, 0.25) is 9.84 Å². The Kier molecular flexibility index (Phi) is 9.24. The van der Waals surface area contributed by atoms with Crippen LogP contribution in [0.5, 0.6) is 11.5 Å². The molecule has 0 heterocycles. The van der Waals surface area contributed by atoms with Crippen molar-refractivity contribution in [3.63, 3.8) is 0 Å². The zero-order valence-electron chi connectivity index (χ0n) is 23.3. The van der Waals surface area contributed by atoms with Gasteiger partial charge in [-0.2, -0.15) is 0 Å². The Morgan fingerprint density at radius 3 is 1.98 bits per heavy atom. The van der Waals surface area contributed by atoms with E-state index in [1.165, 1.54) is 12.1 Å². The van der Waals surface area contributed by atoms with Crippen molar-refractivity contribution in [3.8, 4) is 11.5 Å². The van der Waals surface area contributed by atoms with E-state index in [0.29, 0.717) is 42.9 Å². The van der Waals surface area contributed by atoms with Crippen LogP contribution in [0.2, 0.25) is 0 Å². The second-order valence-electron chi connectivity index (χ2n) is 10.5. The number of hydrogen-bond acceptors (Lipinski definition) is 6. The smallest absolute Gasteiger partial charge is 0.410 e. The number of para-hydroxylation sites is 1. The van der Waals surface area contributed by atoms with Crippen molar-refractivity contribution < 1.29 is 27.5 Å². The van der Waals surface area contributed by atoms with E-state index >= 15 is 0 Å². The van der Waals surface area contributed by atoms with Gasteiger partial charge in [0, 0.05) is 13.1 Å². The van der Waals surface area contributed by atoms with E-state index < -0.39 is 21.5 Å². The molecule has 4 aromatic rings. The fraction of sp³-hybridized carbons (Fsp3) is 0.212. The van der Waals surface area contributed by atoms with Crippen molar-refractivity contribution in [2.75, 3.05) is 6.54 Å². The number of benzene rings is 4. The second kappa shape index (κ2) is 12.8. The molecule has 41 heavy (non-hydrogen) atoms. The highest BCUT2D eigenvalue weighted by molar-refractivity contribution is 7.91. The Hall–Kier alpha value is -4.43. The Bertz CT molecular complexity index is 1580. The van der Waals surface area contributed by atoms with Crippen molar-refractivity contribution in [1.82, 2.24) is 4.90 Å². The van der Waals surface area contributed by atoms with Gasteiger partial charge in [-0.15, -0.1) is 0 Å². The van der Waals surface area contributed by atoms with Gasteiger partial charge in [-0.3, -0.25) is 4.79 Å². The Morgan fingerprint density at radius 2 is 1.37 bits per heavy atom. The van der Waals surface area contributed by atoms with Crippen molar-refractivity contribution in [1.29, 1.82) is 0 Å². The summed E-state index contributed by atoms with van der Waals surface area (Å²) >= 11 is 0. The van der Waals surface area contributed by atoms with Crippen molar-refractivity contribution >= 4 is 22.2 Å². The third-order valence-corrected chi connectivity index (χ3v) is 7.97. The molecule has 0 aliphatic carbocycles. The zero-order valence-corrected chi connectivity index (χ0v) is 24.1. The van der Waals surface area contributed by atoms with Crippen LogP contribution in [-0.2, 0) is 27.5 Å². The predicted molar refractivity (Wildman–Crippen MR) is 157 cm³/mol. The molecule has 0 saturated heterocycles. The van der Waals surface area contributed by atoms with Gasteiger partial charge < -0.3 is 14.4 Å². The molecular formula is C33H33NO6S. The lowest BCUT2D eigenvalue weighted by Crippen LogP contribution is -2.37. The first-order chi connectivity index (χ1) is 19.5. The van der Waals surface area contributed by atoms with Crippen molar-refractivity contribution in [2.24, 2.45) is 0 Å². The van der Waals surface area contributed by atoms with Crippen molar-refractivity contribution in [3.05, 3.63) is 120 Å². The number of aldehydes is 1. The molecular weight excluding hydrogens is 538 g/mol. The third-order valence-electron chi connectivity index (χ3n) is 6.18. The standard InChI is InChI=1S/C33H33NO6S/c1-33(2,3)40-32(36)34(23-26-9-5-4-6-10-26)22-21-25-13-17-29(18-14-25)41(37,38)30-19-15-28(16-20-30)39-31-12-8-7-11-27(31)24-35/h4-20,24H,21-23H2,1-3H3. The van der Waals surface area contributed by atoms with Crippen LogP contribution < -0.4 is 4.74 Å². The summed E-state index contributed by atoms with van der Waals surface area (Å²) in [6, 6.07) is 29.2. The van der Waals surface area contributed by atoms with Gasteiger partial charge in [0.25, 0.3) is 0 Å². The monoisotopic (exact) mass is 571 g/mol. The van der Waals surface area contributed by atoms with Gasteiger partial charge in [-0.25, -0.2) is 13.2 Å². The van der Waals surface area contributed by atoms with Crippen LogP contribution >= 0.6 is 0 Å². The number of amides is 1. The van der Waals surface area contributed by atoms with Gasteiger partial charge >= 0.3 is 6.09 Å². The molecule has 0 saturated carbocycles. The van der Waals surface area contributed by atoms with Crippen LogP contribution in [0.15, 0.2) is 113 Å². The summed E-state index contributed by atoms with van der Waals surface area (Å²) in [6.07, 6.45) is 0.833. The van der Waals surface area contributed by atoms with Gasteiger partial charge in [-0.1, -0.05) is 54.6 Å². The molecule has 0 unspecified atom stereocenters. The molecule has 0 aliphatic heterocycles. The minimum absolute atomic E-state index is 0.125. The van der Waals surface area contributed by atoms with Crippen molar-refractivity contribution in [2.45, 2.75) is 49.1 Å². The largest absolute Gasteiger partial charge is 0.457 e. The average Bonchev–Trinajstić information content (AvgIpc) is 2.95. The first kappa shape index (κ1) is 29.6. The molecule has 0 spiro atoms. The maximum Gasteiger partial charge on any atom is 0.410 e. The second-order valence-corrected chi connectivity index (χ2v) is 12.5. The van der Waals surface area contributed by atoms with Gasteiger partial charge in [-0.05, 0) is 86.8 Å². The van der Waals surface area contributed by atoms with Crippen LogP contribution in [0.3, 0.4) is 0 Å². The molecule has 0 aliphatic rings. The molecule has 0 atom stereocenters. The number of rotatable bonds is 10. The van der Waals surface area contributed by atoms with E-state index in [1.54, 1.807) is 65.6 Å². The fourth-order valence-electron chi connectivity index (χ4n) is 4.09. The minimum atomic E-state index is -3.76. The fourth-order valence-corrected chi connectivity index (χ4v) is 5.35. The van der Waals surface area contributed by atoms with Gasteiger partial charge in [0.05, 0.1) is 15.4 Å². The Morgan fingerprint density at radius 1 is 0.780 bits per heavy atom. The van der Waals surface area contributed by atoms with Gasteiger partial charge in [0.15, 0.2) is 6.29 Å². The number of carbonyl (C=O) groups excluding carboxylic acids is 2. The topological polar surface area (TPSA) is 90.0 Å². The highest BCUT2D eigenvalue weighted by atomic mass is 32.2. The lowest BCUT2D eigenvalue weighted by atomic mass is 10.1. The molecule has 8 heteroatoms. The van der Waals surface area contributed by atoms with E-state index in [4.69, 9.17) is 9.47 Å². The van der Waals surface area contributed by atoms with Gasteiger partial charge in [0.1, 0.15) is 17.1 Å². The summed E-state index contributed by atoms with van der Waals surface area (Å²) < 4.78 is 37.9. The first-order valence-corrected chi connectivity index (χ1v) is 14.7. The molecule has 0 bridgehead atoms. The molecule has 4 aromatic carbocycles. The molecule has 0 aromatic heterocycles. The molecule has 7 nitrogen and oxygen atoms in total. The maximum atomic E-state index is 13.3. The third kappa shape index (κ3) is 8.05.